The van der Waals surface area contributed by atoms with Crippen LogP contribution in [0, 0.1) is 0 Å². The summed E-state index contributed by atoms with van der Waals surface area (Å²) < 4.78 is 25.6. The molecule has 0 heterocycles. The third kappa shape index (κ3) is 4.62. The van der Waals surface area contributed by atoms with Crippen LogP contribution in [-0.4, -0.2) is 26.6 Å². The summed E-state index contributed by atoms with van der Waals surface area (Å²) in [6.07, 6.45) is 0.528. The molecule has 0 saturated carbocycles. The topological polar surface area (TPSA) is 18.5 Å². The summed E-state index contributed by atoms with van der Waals surface area (Å²) in [5.41, 5.74) is 0. The van der Waals surface area contributed by atoms with Crippen LogP contribution in [0.1, 0.15) is 48.0 Å². The Hall–Kier alpha value is 0.0669. The summed E-state index contributed by atoms with van der Waals surface area (Å²) in [5.74, 6) is -0.938. The van der Waals surface area contributed by atoms with Crippen LogP contribution in [0.2, 0.25) is 6.04 Å². The molecular formula is C11H25FO2Si. The highest BCUT2D eigenvalue weighted by molar-refractivity contribution is 6.68. The van der Waals surface area contributed by atoms with E-state index < -0.39 is 14.4 Å². The molecule has 0 bridgehead atoms. The molecule has 92 valence electrons. The third-order valence-corrected chi connectivity index (χ3v) is 6.29. The van der Waals surface area contributed by atoms with E-state index in [9.17, 15) is 4.39 Å². The van der Waals surface area contributed by atoms with Gasteiger partial charge in [-0.05, 0) is 40.2 Å². The Kier molecular flexibility index (Phi) is 6.64. The molecule has 0 aromatic heterocycles. The monoisotopic (exact) mass is 236 g/mol. The van der Waals surface area contributed by atoms with Gasteiger partial charge in [0.1, 0.15) is 5.79 Å². The molecule has 0 saturated heterocycles. The SMILES string of the molecule is CCC(F)[Si](CC)(OC(C)C)OC(C)C. The van der Waals surface area contributed by atoms with Crippen LogP contribution >= 0.6 is 0 Å². The summed E-state index contributed by atoms with van der Waals surface area (Å²) in [4.78, 5) is 0. The molecule has 0 radical (unpaired) electrons. The van der Waals surface area contributed by atoms with Crippen LogP contribution in [0.5, 0.6) is 0 Å². The quantitative estimate of drug-likeness (QED) is 0.629. The van der Waals surface area contributed by atoms with Crippen molar-refractivity contribution in [2.24, 2.45) is 0 Å². The highest BCUT2D eigenvalue weighted by atomic mass is 28.4. The Bertz CT molecular complexity index is 164. The number of rotatable bonds is 7. The minimum absolute atomic E-state index is 0.0279. The normalized spacial score (nSPS) is 15.0. The molecule has 4 heteroatoms. The van der Waals surface area contributed by atoms with E-state index in [4.69, 9.17) is 8.85 Å². The lowest BCUT2D eigenvalue weighted by Gasteiger charge is -2.35. The summed E-state index contributed by atoms with van der Waals surface area (Å²) in [5, 5.41) is 0. The lowest BCUT2D eigenvalue weighted by molar-refractivity contribution is 0.0812. The second kappa shape index (κ2) is 6.61. The summed E-state index contributed by atoms with van der Waals surface area (Å²) in [7, 11) is -2.67. The minimum Gasteiger partial charge on any atom is -0.390 e. The van der Waals surface area contributed by atoms with Gasteiger partial charge in [-0.3, -0.25) is 0 Å². The van der Waals surface area contributed by atoms with Gasteiger partial charge in [0.25, 0.3) is 0 Å². The zero-order valence-electron chi connectivity index (χ0n) is 10.8. The van der Waals surface area contributed by atoms with Gasteiger partial charge in [0, 0.05) is 12.2 Å². The van der Waals surface area contributed by atoms with Gasteiger partial charge >= 0.3 is 8.56 Å². The van der Waals surface area contributed by atoms with E-state index >= 15 is 0 Å². The molecule has 0 spiro atoms. The first-order valence-corrected chi connectivity index (χ1v) is 7.97. The lowest BCUT2D eigenvalue weighted by Crippen LogP contribution is -2.53. The van der Waals surface area contributed by atoms with Crippen molar-refractivity contribution in [2.75, 3.05) is 0 Å². The van der Waals surface area contributed by atoms with Gasteiger partial charge in [-0.2, -0.15) is 0 Å². The molecule has 1 atom stereocenters. The van der Waals surface area contributed by atoms with Gasteiger partial charge in [-0.15, -0.1) is 0 Å². The van der Waals surface area contributed by atoms with Crippen molar-refractivity contribution in [3.05, 3.63) is 0 Å². The zero-order chi connectivity index (χ0) is 12.1. The van der Waals surface area contributed by atoms with Crippen molar-refractivity contribution in [1.82, 2.24) is 0 Å². The zero-order valence-corrected chi connectivity index (χ0v) is 11.8. The Morgan fingerprint density at radius 2 is 1.40 bits per heavy atom. The van der Waals surface area contributed by atoms with Crippen LogP contribution in [0.15, 0.2) is 0 Å². The summed E-state index contributed by atoms with van der Waals surface area (Å²) >= 11 is 0. The van der Waals surface area contributed by atoms with E-state index in [1.165, 1.54) is 0 Å². The molecule has 0 aliphatic heterocycles. The molecule has 15 heavy (non-hydrogen) atoms. The highest BCUT2D eigenvalue weighted by Crippen LogP contribution is 2.26. The van der Waals surface area contributed by atoms with Gasteiger partial charge < -0.3 is 8.85 Å². The molecule has 0 fully saturated rings. The number of hydrogen-bond donors (Lipinski definition) is 0. The first-order valence-electron chi connectivity index (χ1n) is 5.87. The molecule has 0 amide bonds. The second-order valence-corrected chi connectivity index (χ2v) is 7.80. The van der Waals surface area contributed by atoms with Crippen molar-refractivity contribution >= 4 is 8.56 Å². The summed E-state index contributed by atoms with van der Waals surface area (Å²) in [6, 6.07) is 0.665. The van der Waals surface area contributed by atoms with E-state index in [-0.39, 0.29) is 12.2 Å². The van der Waals surface area contributed by atoms with Crippen molar-refractivity contribution in [2.45, 2.75) is 72.0 Å². The fourth-order valence-corrected chi connectivity index (χ4v) is 5.02. The molecule has 0 aromatic carbocycles. The number of alkyl halides is 1. The van der Waals surface area contributed by atoms with Gasteiger partial charge in [0.05, 0.1) is 0 Å². The maximum absolute atomic E-state index is 14.0. The van der Waals surface area contributed by atoms with Gasteiger partial charge in [0.15, 0.2) is 0 Å². The third-order valence-electron chi connectivity index (χ3n) is 2.20. The van der Waals surface area contributed by atoms with Crippen molar-refractivity contribution < 1.29 is 13.2 Å². The van der Waals surface area contributed by atoms with Crippen LogP contribution in [-0.2, 0) is 8.85 Å². The van der Waals surface area contributed by atoms with Crippen LogP contribution in [0.4, 0.5) is 4.39 Å². The fourth-order valence-electron chi connectivity index (χ4n) is 1.67. The van der Waals surface area contributed by atoms with Crippen LogP contribution < -0.4 is 0 Å². The van der Waals surface area contributed by atoms with E-state index in [0.717, 1.165) is 0 Å². The van der Waals surface area contributed by atoms with Crippen molar-refractivity contribution in [3.63, 3.8) is 0 Å². The smallest absolute Gasteiger partial charge is 0.373 e. The average molecular weight is 236 g/mol. The predicted molar refractivity (Wildman–Crippen MR) is 63.9 cm³/mol. The first kappa shape index (κ1) is 15.1. The molecule has 0 aromatic rings. The van der Waals surface area contributed by atoms with Crippen molar-refractivity contribution in [1.29, 1.82) is 0 Å². The molecule has 0 N–H and O–H groups in total. The van der Waals surface area contributed by atoms with E-state index in [2.05, 4.69) is 0 Å². The Morgan fingerprint density at radius 3 is 1.60 bits per heavy atom. The molecule has 0 rings (SSSR count). The first-order chi connectivity index (χ1) is 6.88. The Morgan fingerprint density at radius 1 is 1.00 bits per heavy atom. The Balaban J connectivity index is 4.74. The van der Waals surface area contributed by atoms with Crippen LogP contribution in [0.25, 0.3) is 0 Å². The molecule has 0 aliphatic rings. The molecule has 0 aliphatic carbocycles. The van der Waals surface area contributed by atoms with Gasteiger partial charge in [-0.25, -0.2) is 4.39 Å². The lowest BCUT2D eigenvalue weighted by atomic mass is 10.5. The maximum atomic E-state index is 14.0. The fraction of sp³-hybridized carbons (Fsp3) is 1.00. The van der Waals surface area contributed by atoms with Gasteiger partial charge in [0.2, 0.25) is 0 Å². The van der Waals surface area contributed by atoms with Crippen molar-refractivity contribution in [3.8, 4) is 0 Å². The largest absolute Gasteiger partial charge is 0.390 e. The average Bonchev–Trinajstić information content (AvgIpc) is 2.13. The number of hydrogen-bond acceptors (Lipinski definition) is 2. The molecule has 2 nitrogen and oxygen atoms in total. The van der Waals surface area contributed by atoms with E-state index in [1.807, 2.05) is 41.5 Å². The van der Waals surface area contributed by atoms with Gasteiger partial charge in [-0.1, -0.05) is 13.8 Å². The highest BCUT2D eigenvalue weighted by Gasteiger charge is 2.46. The van der Waals surface area contributed by atoms with Crippen LogP contribution in [0.3, 0.4) is 0 Å². The molecule has 1 unspecified atom stereocenters. The minimum atomic E-state index is -2.67. The predicted octanol–water partition coefficient (Wildman–Crippen LogP) is 3.59. The second-order valence-electron chi connectivity index (χ2n) is 4.37. The molecular weight excluding hydrogens is 211 g/mol. The summed E-state index contributed by atoms with van der Waals surface area (Å²) in [6.45, 7) is 11.5. The number of halogens is 1. The standard InChI is InChI=1S/C11H25FO2Si/c1-7-11(12)15(8-2,13-9(3)4)14-10(5)6/h9-11H,7-8H2,1-6H3. The Labute approximate surface area is 94.4 Å². The maximum Gasteiger partial charge on any atom is 0.373 e. The van der Waals surface area contributed by atoms with E-state index in [1.54, 1.807) is 0 Å². The van der Waals surface area contributed by atoms with E-state index in [0.29, 0.717) is 12.5 Å².